The molecule has 5 aromatic rings. The fraction of sp³-hybridized carbons (Fsp3) is 0. The molecule has 5 rings (SSSR count). The van der Waals surface area contributed by atoms with Gasteiger partial charge in [-0.05, 0) is 35.4 Å². The maximum absolute atomic E-state index is 12.3. The van der Waals surface area contributed by atoms with Crippen LogP contribution in [-0.4, -0.2) is 58.8 Å². The van der Waals surface area contributed by atoms with Crippen LogP contribution in [-0.2, 0) is 30.4 Å². The average molecular weight is 633 g/mol. The minimum atomic E-state index is -4.91. The molecule has 1 aromatic heterocycles. The molecule has 216 valence electrons. The van der Waals surface area contributed by atoms with Crippen molar-refractivity contribution < 1.29 is 43.8 Å². The zero-order valence-corrected chi connectivity index (χ0v) is 23.1. The van der Waals surface area contributed by atoms with E-state index in [1.165, 1.54) is 18.2 Å². The Kier molecular flexibility index (Phi) is 6.92. The van der Waals surface area contributed by atoms with Crippen LogP contribution in [0.4, 0.5) is 5.69 Å². The number of rotatable bonds is 7. The summed E-state index contributed by atoms with van der Waals surface area (Å²) in [6.45, 7) is 0. The lowest BCUT2D eigenvalue weighted by Gasteiger charge is -2.07. The van der Waals surface area contributed by atoms with E-state index in [0.29, 0.717) is 11.5 Å². The van der Waals surface area contributed by atoms with E-state index in [1.807, 2.05) is 0 Å². The van der Waals surface area contributed by atoms with Crippen LogP contribution in [0.1, 0.15) is 11.1 Å². The van der Waals surface area contributed by atoms with Gasteiger partial charge in [0.15, 0.2) is 0 Å². The molecule has 0 aliphatic rings. The first-order valence-corrected chi connectivity index (χ1v) is 15.7. The van der Waals surface area contributed by atoms with Gasteiger partial charge in [0, 0.05) is 22.9 Å². The fourth-order valence-electron chi connectivity index (χ4n) is 4.23. The molecule has 0 saturated heterocycles. The second-order valence-corrected chi connectivity index (χ2v) is 12.9. The van der Waals surface area contributed by atoms with E-state index in [-0.39, 0.29) is 33.2 Å². The van der Waals surface area contributed by atoms with E-state index in [4.69, 9.17) is 0 Å². The zero-order valence-electron chi connectivity index (χ0n) is 20.6. The number of benzene rings is 4. The van der Waals surface area contributed by atoms with E-state index in [1.54, 1.807) is 18.2 Å². The molecule has 3 N–H and O–H groups in total. The predicted octanol–water partition coefficient (Wildman–Crippen LogP) is 3.39. The topological polar surface area (TPSA) is 237 Å². The molecule has 4 aromatic carbocycles. The number of aromatic nitrogens is 3. The largest absolute Gasteiger partial charge is 0.295 e. The number of nitrogens with zero attached hydrogens (tertiary/aromatic N) is 4. The van der Waals surface area contributed by atoms with Gasteiger partial charge in [0.1, 0.15) is 25.7 Å². The molecule has 1 heterocycles. The van der Waals surface area contributed by atoms with Gasteiger partial charge < -0.3 is 0 Å². The standard InChI is InChI=1S/C24H16N4O11S3/c29-28(30)17-10-8-15(22(12-17)41(34,35)36)6-5-14-7-9-16(11-21(14)40(31,32)33)27-25-20-13-23(42(37,38)39)18-3-1-2-4-19(18)24(20)26-27/h1-13H,(H,31,32,33)(H,34,35,36)(H,37,38,39)/b6-5-. The van der Waals surface area contributed by atoms with Crippen LogP contribution in [0.15, 0.2) is 81.4 Å². The number of fused-ring (bicyclic) bond motifs is 3. The number of non-ortho nitro benzene ring substituents is 1. The summed E-state index contributed by atoms with van der Waals surface area (Å²) < 4.78 is 101. The van der Waals surface area contributed by atoms with Crippen molar-refractivity contribution in [3.63, 3.8) is 0 Å². The minimum Gasteiger partial charge on any atom is -0.282 e. The Hall–Kier alpha value is -4.59. The smallest absolute Gasteiger partial charge is 0.282 e. The second-order valence-electron chi connectivity index (χ2n) is 8.74. The van der Waals surface area contributed by atoms with Gasteiger partial charge in [-0.1, -0.05) is 42.5 Å². The summed E-state index contributed by atoms with van der Waals surface area (Å²) >= 11 is 0. The fourth-order valence-corrected chi connectivity index (χ4v) is 6.35. The van der Waals surface area contributed by atoms with Gasteiger partial charge in [-0.25, -0.2) is 0 Å². The Balaban J connectivity index is 1.64. The highest BCUT2D eigenvalue weighted by Gasteiger charge is 2.22. The minimum absolute atomic E-state index is 0.0161. The van der Waals surface area contributed by atoms with Gasteiger partial charge in [-0.3, -0.25) is 23.8 Å². The Morgan fingerprint density at radius 1 is 0.690 bits per heavy atom. The lowest BCUT2D eigenvalue weighted by Crippen LogP contribution is -2.05. The maximum Gasteiger partial charge on any atom is 0.295 e. The Morgan fingerprint density at radius 2 is 1.24 bits per heavy atom. The molecule has 42 heavy (non-hydrogen) atoms. The van der Waals surface area contributed by atoms with Gasteiger partial charge in [0.25, 0.3) is 36.0 Å². The molecule has 18 heteroatoms. The van der Waals surface area contributed by atoms with Gasteiger partial charge >= 0.3 is 0 Å². The highest BCUT2D eigenvalue weighted by Crippen LogP contribution is 2.31. The summed E-state index contributed by atoms with van der Waals surface area (Å²) in [6, 6.07) is 13.5. The molecule has 0 spiro atoms. The molecule has 15 nitrogen and oxygen atoms in total. The molecule has 0 bridgehead atoms. The quantitative estimate of drug-likeness (QED) is 0.101. The Labute approximate surface area is 236 Å². The monoisotopic (exact) mass is 632 g/mol. The van der Waals surface area contributed by atoms with Crippen LogP contribution in [0.5, 0.6) is 0 Å². The first-order chi connectivity index (χ1) is 19.5. The number of nitro benzene ring substituents is 1. The molecule has 0 atom stereocenters. The summed E-state index contributed by atoms with van der Waals surface area (Å²) in [7, 11) is -14.5. The lowest BCUT2D eigenvalue weighted by atomic mass is 10.1. The van der Waals surface area contributed by atoms with Crippen molar-refractivity contribution >= 4 is 70.0 Å². The molecular formula is C24H16N4O11S3. The van der Waals surface area contributed by atoms with Gasteiger partial charge in [0.2, 0.25) is 0 Å². The summed E-state index contributed by atoms with van der Waals surface area (Å²) in [4.78, 5) is 9.27. The summed E-state index contributed by atoms with van der Waals surface area (Å²) in [6.07, 6.45) is 2.17. The summed E-state index contributed by atoms with van der Waals surface area (Å²) in [5.41, 5.74) is -0.673. The van der Waals surface area contributed by atoms with Crippen molar-refractivity contribution in [3.8, 4) is 5.69 Å². The molecule has 0 aliphatic carbocycles. The third-order valence-electron chi connectivity index (χ3n) is 6.07. The van der Waals surface area contributed by atoms with Crippen molar-refractivity contribution in [2.24, 2.45) is 0 Å². The first kappa shape index (κ1) is 28.9. The van der Waals surface area contributed by atoms with Crippen LogP contribution in [0.3, 0.4) is 0 Å². The molecule has 0 saturated carbocycles. The van der Waals surface area contributed by atoms with E-state index >= 15 is 0 Å². The van der Waals surface area contributed by atoms with E-state index < -0.39 is 55.7 Å². The highest BCUT2D eigenvalue weighted by molar-refractivity contribution is 7.86. The lowest BCUT2D eigenvalue weighted by molar-refractivity contribution is -0.385. The van der Waals surface area contributed by atoms with Gasteiger partial charge in [0.05, 0.1) is 10.6 Å². The number of nitro groups is 1. The van der Waals surface area contributed by atoms with Crippen molar-refractivity contribution in [1.82, 2.24) is 15.0 Å². The molecule has 0 radical (unpaired) electrons. The van der Waals surface area contributed by atoms with Gasteiger partial charge in [-0.15, -0.1) is 10.2 Å². The van der Waals surface area contributed by atoms with Crippen molar-refractivity contribution in [1.29, 1.82) is 0 Å². The van der Waals surface area contributed by atoms with Crippen LogP contribution in [0.25, 0.3) is 39.6 Å². The summed E-state index contributed by atoms with van der Waals surface area (Å²) in [5.74, 6) is 0. The summed E-state index contributed by atoms with van der Waals surface area (Å²) in [5, 5.41) is 20.1. The number of hydrogen-bond acceptors (Lipinski definition) is 10. The predicted molar refractivity (Wildman–Crippen MR) is 148 cm³/mol. The third kappa shape index (κ3) is 5.49. The number of hydrogen-bond donors (Lipinski definition) is 3. The van der Waals surface area contributed by atoms with Crippen LogP contribution < -0.4 is 0 Å². The Morgan fingerprint density at radius 3 is 1.81 bits per heavy atom. The SMILES string of the molecule is O=[N+]([O-])c1ccc(/C=C\c2ccc(-n3nc4cc(S(=O)(=O)O)c5ccccc5c4n3)cc2S(=O)(=O)O)c(S(=O)(=O)O)c1. The molecule has 0 fully saturated rings. The molecule has 0 amide bonds. The van der Waals surface area contributed by atoms with Crippen molar-refractivity contribution in [2.75, 3.05) is 0 Å². The van der Waals surface area contributed by atoms with Crippen molar-refractivity contribution in [2.45, 2.75) is 14.7 Å². The normalized spacial score (nSPS) is 12.8. The second kappa shape index (κ2) is 10.0. The van der Waals surface area contributed by atoms with E-state index in [9.17, 15) is 49.0 Å². The van der Waals surface area contributed by atoms with Crippen molar-refractivity contribution in [3.05, 3.63) is 88.0 Å². The van der Waals surface area contributed by atoms with Crippen LogP contribution >= 0.6 is 0 Å². The van der Waals surface area contributed by atoms with Crippen LogP contribution in [0, 0.1) is 10.1 Å². The average Bonchev–Trinajstić information content (AvgIpc) is 3.34. The molecular weight excluding hydrogens is 616 g/mol. The van der Waals surface area contributed by atoms with E-state index in [0.717, 1.165) is 41.2 Å². The van der Waals surface area contributed by atoms with E-state index in [2.05, 4.69) is 10.2 Å². The highest BCUT2D eigenvalue weighted by atomic mass is 32.2. The van der Waals surface area contributed by atoms with Gasteiger partial charge in [-0.2, -0.15) is 30.0 Å². The first-order valence-electron chi connectivity index (χ1n) is 11.4. The molecule has 0 unspecified atom stereocenters. The zero-order chi connectivity index (χ0) is 30.6. The third-order valence-corrected chi connectivity index (χ3v) is 8.78. The van der Waals surface area contributed by atoms with Crippen LogP contribution in [0.2, 0.25) is 0 Å². The maximum atomic E-state index is 12.3. The Bertz CT molecular complexity index is 2310. The molecule has 0 aliphatic heterocycles.